The topological polar surface area (TPSA) is 52.6 Å². The van der Waals surface area contributed by atoms with Crippen LogP contribution in [0.1, 0.15) is 11.1 Å². The van der Waals surface area contributed by atoms with Crippen molar-refractivity contribution in [2.24, 2.45) is 0 Å². The normalized spacial score (nSPS) is 13.0. The molecule has 0 saturated carbocycles. The zero-order valence-electron chi connectivity index (χ0n) is 12.3. The predicted molar refractivity (Wildman–Crippen MR) is 83.8 cm³/mol. The van der Waals surface area contributed by atoms with Crippen molar-refractivity contribution in [2.75, 3.05) is 20.3 Å². The number of nitrogens with one attached hydrogen (secondary N) is 1. The molecule has 0 spiro atoms. The first-order valence-corrected chi connectivity index (χ1v) is 7.41. The van der Waals surface area contributed by atoms with Crippen LogP contribution in [0, 0.1) is 0 Å². The van der Waals surface area contributed by atoms with Gasteiger partial charge >= 0.3 is 0 Å². The lowest BCUT2D eigenvalue weighted by Gasteiger charge is -2.20. The highest BCUT2D eigenvalue weighted by atomic mass is 35.5. The van der Waals surface area contributed by atoms with Crippen molar-refractivity contribution in [3.63, 3.8) is 0 Å². The molecule has 1 N–H and O–H groups in total. The molecule has 2 heterocycles. The highest BCUT2D eigenvalue weighted by Gasteiger charge is 2.16. The lowest BCUT2D eigenvalue weighted by molar-refractivity contribution is 0.171. The van der Waals surface area contributed by atoms with Crippen LogP contribution in [0.4, 0.5) is 0 Å². The second kappa shape index (κ2) is 6.85. The fourth-order valence-corrected chi connectivity index (χ4v) is 2.54. The maximum atomic E-state index is 6.22. The highest BCUT2D eigenvalue weighted by Crippen LogP contribution is 2.38. The van der Waals surface area contributed by atoms with Crippen molar-refractivity contribution in [3.05, 3.63) is 46.6 Å². The molecule has 0 radical (unpaired) electrons. The fourth-order valence-electron chi connectivity index (χ4n) is 2.25. The Hall–Kier alpha value is -1.98. The SMILES string of the molecule is COc1ccc(CNCc2cc(Cl)c3c(c2)OCCO3)cn1. The highest BCUT2D eigenvalue weighted by molar-refractivity contribution is 6.32. The summed E-state index contributed by atoms with van der Waals surface area (Å²) in [5.74, 6) is 1.96. The number of halogens is 1. The van der Waals surface area contributed by atoms with Gasteiger partial charge in [-0.1, -0.05) is 17.7 Å². The summed E-state index contributed by atoms with van der Waals surface area (Å²) in [5, 5.41) is 3.94. The molecule has 0 bridgehead atoms. The van der Waals surface area contributed by atoms with E-state index in [9.17, 15) is 0 Å². The Morgan fingerprint density at radius 3 is 2.77 bits per heavy atom. The van der Waals surface area contributed by atoms with Crippen molar-refractivity contribution in [1.82, 2.24) is 10.3 Å². The Bertz CT molecular complexity index is 647. The Labute approximate surface area is 134 Å². The van der Waals surface area contributed by atoms with E-state index in [2.05, 4.69) is 10.3 Å². The van der Waals surface area contributed by atoms with Gasteiger partial charge in [0.2, 0.25) is 5.88 Å². The first kappa shape index (κ1) is 14.9. The largest absolute Gasteiger partial charge is 0.486 e. The minimum Gasteiger partial charge on any atom is -0.486 e. The number of benzene rings is 1. The summed E-state index contributed by atoms with van der Waals surface area (Å²) in [6, 6.07) is 7.68. The predicted octanol–water partition coefficient (Wildman–Crippen LogP) is 2.80. The molecule has 2 aromatic rings. The number of pyridine rings is 1. The quantitative estimate of drug-likeness (QED) is 0.918. The lowest BCUT2D eigenvalue weighted by atomic mass is 10.2. The third-order valence-corrected chi connectivity index (χ3v) is 3.60. The molecule has 1 aromatic heterocycles. The second-order valence-electron chi connectivity index (χ2n) is 4.91. The third-order valence-electron chi connectivity index (χ3n) is 3.32. The first-order chi connectivity index (χ1) is 10.8. The van der Waals surface area contributed by atoms with Crippen molar-refractivity contribution >= 4 is 11.6 Å². The minimum absolute atomic E-state index is 0.536. The molecule has 6 heteroatoms. The number of hydrogen-bond acceptors (Lipinski definition) is 5. The molecule has 0 aliphatic carbocycles. The Balaban J connectivity index is 1.60. The van der Waals surface area contributed by atoms with Gasteiger partial charge in [0.15, 0.2) is 11.5 Å². The van der Waals surface area contributed by atoms with Gasteiger partial charge in [0.05, 0.1) is 12.1 Å². The molecular formula is C16H17ClN2O3. The average Bonchev–Trinajstić information content (AvgIpc) is 2.56. The number of hydrogen-bond donors (Lipinski definition) is 1. The van der Waals surface area contributed by atoms with Gasteiger partial charge in [-0.2, -0.15) is 0 Å². The van der Waals surface area contributed by atoms with Gasteiger partial charge in [-0.05, 0) is 23.3 Å². The fraction of sp³-hybridized carbons (Fsp3) is 0.312. The molecule has 1 aromatic carbocycles. The molecule has 0 atom stereocenters. The van der Waals surface area contributed by atoms with Crippen molar-refractivity contribution in [2.45, 2.75) is 13.1 Å². The van der Waals surface area contributed by atoms with Crippen LogP contribution in [0.25, 0.3) is 0 Å². The van der Waals surface area contributed by atoms with Gasteiger partial charge in [-0.3, -0.25) is 0 Å². The van der Waals surface area contributed by atoms with E-state index in [1.54, 1.807) is 13.3 Å². The van der Waals surface area contributed by atoms with Crippen LogP contribution in [0.3, 0.4) is 0 Å². The number of nitrogens with zero attached hydrogens (tertiary/aromatic N) is 1. The second-order valence-corrected chi connectivity index (χ2v) is 5.32. The molecule has 1 aliphatic heterocycles. The monoisotopic (exact) mass is 320 g/mol. The summed E-state index contributed by atoms with van der Waals surface area (Å²) in [5.41, 5.74) is 2.14. The third kappa shape index (κ3) is 3.43. The zero-order chi connectivity index (χ0) is 15.4. The molecule has 0 unspecified atom stereocenters. The molecule has 5 nitrogen and oxygen atoms in total. The average molecular weight is 321 g/mol. The van der Waals surface area contributed by atoms with Crippen LogP contribution in [-0.4, -0.2) is 25.3 Å². The molecule has 22 heavy (non-hydrogen) atoms. The maximum Gasteiger partial charge on any atom is 0.212 e. The van der Waals surface area contributed by atoms with Crippen LogP contribution in [0.2, 0.25) is 5.02 Å². The summed E-state index contributed by atoms with van der Waals surface area (Å²) in [6.45, 7) is 2.48. The van der Waals surface area contributed by atoms with E-state index >= 15 is 0 Å². The van der Waals surface area contributed by atoms with Gasteiger partial charge in [0.1, 0.15) is 13.2 Å². The van der Waals surface area contributed by atoms with Crippen LogP contribution in [-0.2, 0) is 13.1 Å². The molecule has 3 rings (SSSR count). The van der Waals surface area contributed by atoms with Crippen molar-refractivity contribution in [3.8, 4) is 17.4 Å². The summed E-state index contributed by atoms with van der Waals surface area (Å²) in [4.78, 5) is 4.17. The standard InChI is InChI=1S/C16H17ClN2O3/c1-20-15-3-2-11(10-19-15)8-18-9-12-6-13(17)16-14(7-12)21-4-5-22-16/h2-3,6-7,10,18H,4-5,8-9H2,1H3. The molecule has 1 aliphatic rings. The summed E-state index contributed by atoms with van der Waals surface area (Å²) in [6.07, 6.45) is 1.79. The van der Waals surface area contributed by atoms with E-state index in [0.717, 1.165) is 11.1 Å². The van der Waals surface area contributed by atoms with Gasteiger partial charge in [0.25, 0.3) is 0 Å². The smallest absolute Gasteiger partial charge is 0.212 e. The van der Waals surface area contributed by atoms with Gasteiger partial charge in [0, 0.05) is 25.4 Å². The van der Waals surface area contributed by atoms with Gasteiger partial charge in [-0.25, -0.2) is 4.98 Å². The van der Waals surface area contributed by atoms with E-state index in [4.69, 9.17) is 25.8 Å². The molecule has 0 fully saturated rings. The Morgan fingerprint density at radius 2 is 2.00 bits per heavy atom. The van der Waals surface area contributed by atoms with Crippen LogP contribution in [0.15, 0.2) is 30.5 Å². The minimum atomic E-state index is 0.536. The summed E-state index contributed by atoms with van der Waals surface area (Å²) >= 11 is 6.22. The molecule has 0 amide bonds. The maximum absolute atomic E-state index is 6.22. The number of rotatable bonds is 5. The first-order valence-electron chi connectivity index (χ1n) is 7.04. The molecular weight excluding hydrogens is 304 g/mol. The zero-order valence-corrected chi connectivity index (χ0v) is 13.0. The number of fused-ring (bicyclic) bond motifs is 1. The van der Waals surface area contributed by atoms with E-state index in [1.165, 1.54) is 0 Å². The summed E-state index contributed by atoms with van der Waals surface area (Å²) in [7, 11) is 1.60. The summed E-state index contributed by atoms with van der Waals surface area (Å²) < 4.78 is 16.1. The van der Waals surface area contributed by atoms with E-state index in [0.29, 0.717) is 48.7 Å². The van der Waals surface area contributed by atoms with Crippen LogP contribution in [0.5, 0.6) is 17.4 Å². The van der Waals surface area contributed by atoms with Crippen LogP contribution < -0.4 is 19.5 Å². The van der Waals surface area contributed by atoms with E-state index < -0.39 is 0 Å². The van der Waals surface area contributed by atoms with Gasteiger partial charge in [-0.15, -0.1) is 0 Å². The van der Waals surface area contributed by atoms with Crippen molar-refractivity contribution < 1.29 is 14.2 Å². The van der Waals surface area contributed by atoms with Crippen molar-refractivity contribution in [1.29, 1.82) is 0 Å². The molecule has 116 valence electrons. The lowest BCUT2D eigenvalue weighted by Crippen LogP contribution is -2.17. The number of aromatic nitrogens is 1. The Kier molecular flexibility index (Phi) is 4.65. The van der Waals surface area contributed by atoms with E-state index in [-0.39, 0.29) is 0 Å². The number of ether oxygens (including phenoxy) is 3. The van der Waals surface area contributed by atoms with Gasteiger partial charge < -0.3 is 19.5 Å². The van der Waals surface area contributed by atoms with Crippen LogP contribution >= 0.6 is 11.6 Å². The van der Waals surface area contributed by atoms with E-state index in [1.807, 2.05) is 24.3 Å². The Morgan fingerprint density at radius 1 is 1.18 bits per heavy atom. The molecule has 0 saturated heterocycles. The number of methoxy groups -OCH3 is 1.